The maximum absolute atomic E-state index is 10.4. The number of rotatable bonds is 7. The molecule has 168 valence electrons. The maximum Gasteiger partial charge on any atom is 0.229 e. The van der Waals surface area contributed by atoms with E-state index in [1.165, 1.54) is 14.2 Å². The highest BCUT2D eigenvalue weighted by molar-refractivity contribution is 5.75. The van der Waals surface area contributed by atoms with Crippen LogP contribution in [0.5, 0.6) is 23.0 Å². The van der Waals surface area contributed by atoms with Crippen molar-refractivity contribution >= 4 is 12.2 Å². The van der Waals surface area contributed by atoms with E-state index in [2.05, 4.69) is 0 Å². The van der Waals surface area contributed by atoms with Gasteiger partial charge in [0.1, 0.15) is 29.8 Å². The first-order valence-electron chi connectivity index (χ1n) is 9.82. The van der Waals surface area contributed by atoms with Crippen molar-refractivity contribution in [3.63, 3.8) is 0 Å². The van der Waals surface area contributed by atoms with E-state index in [1.54, 1.807) is 32.2 Å². The summed E-state index contributed by atoms with van der Waals surface area (Å²) < 4.78 is 27.6. The summed E-state index contributed by atoms with van der Waals surface area (Å²) in [6, 6.07) is 10.9. The normalized spacial score (nSPS) is 26.0. The van der Waals surface area contributed by atoms with Gasteiger partial charge in [-0.25, -0.2) is 0 Å². The fourth-order valence-corrected chi connectivity index (χ4v) is 3.27. The molecule has 3 N–H and O–H groups in total. The van der Waals surface area contributed by atoms with Crippen molar-refractivity contribution in [2.24, 2.45) is 0 Å². The van der Waals surface area contributed by atoms with Crippen molar-refractivity contribution in [2.45, 2.75) is 37.6 Å². The SMILES string of the molecule is COc1cccc(/C=C/c2cc(OC)cc(OC)c2OC2OC(C)[C@@H](O)C(O)[C@H]2O)c1. The third kappa shape index (κ3) is 5.11. The molecule has 0 aromatic heterocycles. The fourth-order valence-electron chi connectivity index (χ4n) is 3.27. The second-order valence-corrected chi connectivity index (χ2v) is 7.16. The molecule has 0 amide bonds. The Morgan fingerprint density at radius 3 is 2.26 bits per heavy atom. The van der Waals surface area contributed by atoms with E-state index in [0.29, 0.717) is 22.8 Å². The van der Waals surface area contributed by atoms with Gasteiger partial charge in [-0.15, -0.1) is 0 Å². The second-order valence-electron chi connectivity index (χ2n) is 7.16. The number of ether oxygens (including phenoxy) is 5. The molecule has 2 aromatic rings. The summed E-state index contributed by atoms with van der Waals surface area (Å²) in [5, 5.41) is 30.4. The Kier molecular flexibility index (Phi) is 7.40. The van der Waals surface area contributed by atoms with E-state index in [4.69, 9.17) is 23.7 Å². The van der Waals surface area contributed by atoms with Crippen LogP contribution in [0.25, 0.3) is 12.2 Å². The van der Waals surface area contributed by atoms with E-state index in [1.807, 2.05) is 30.3 Å². The second kappa shape index (κ2) is 10.0. The molecule has 8 heteroatoms. The van der Waals surface area contributed by atoms with Crippen LogP contribution in [0.4, 0.5) is 0 Å². The Morgan fingerprint density at radius 2 is 1.58 bits per heavy atom. The molecular formula is C23H28O8. The van der Waals surface area contributed by atoms with E-state index in [0.717, 1.165) is 11.3 Å². The summed E-state index contributed by atoms with van der Waals surface area (Å²) in [5.74, 6) is 1.92. The van der Waals surface area contributed by atoms with Gasteiger partial charge in [-0.1, -0.05) is 24.3 Å². The molecule has 0 spiro atoms. The topological polar surface area (TPSA) is 107 Å². The molecule has 3 rings (SSSR count). The summed E-state index contributed by atoms with van der Waals surface area (Å²) >= 11 is 0. The zero-order valence-corrected chi connectivity index (χ0v) is 17.9. The van der Waals surface area contributed by atoms with Crippen molar-refractivity contribution in [3.8, 4) is 23.0 Å². The average molecular weight is 432 g/mol. The molecule has 1 aliphatic rings. The van der Waals surface area contributed by atoms with Crippen molar-refractivity contribution in [1.29, 1.82) is 0 Å². The summed E-state index contributed by atoms with van der Waals surface area (Å²) in [7, 11) is 4.62. The van der Waals surface area contributed by atoms with Gasteiger partial charge in [0.05, 0.1) is 27.4 Å². The van der Waals surface area contributed by atoms with Crippen LogP contribution in [0.3, 0.4) is 0 Å². The smallest absolute Gasteiger partial charge is 0.229 e. The first-order valence-corrected chi connectivity index (χ1v) is 9.82. The lowest BCUT2D eigenvalue weighted by molar-refractivity contribution is -0.268. The molecule has 8 nitrogen and oxygen atoms in total. The third-order valence-electron chi connectivity index (χ3n) is 5.10. The van der Waals surface area contributed by atoms with Crippen LogP contribution in [0, 0.1) is 0 Å². The predicted molar refractivity (Wildman–Crippen MR) is 114 cm³/mol. The monoisotopic (exact) mass is 432 g/mol. The van der Waals surface area contributed by atoms with E-state index in [9.17, 15) is 15.3 Å². The molecule has 1 heterocycles. The third-order valence-corrected chi connectivity index (χ3v) is 5.10. The molecule has 0 saturated carbocycles. The van der Waals surface area contributed by atoms with Gasteiger partial charge >= 0.3 is 0 Å². The number of benzene rings is 2. The first kappa shape index (κ1) is 22.9. The highest BCUT2D eigenvalue weighted by Crippen LogP contribution is 2.39. The number of aliphatic hydroxyl groups is 3. The molecule has 31 heavy (non-hydrogen) atoms. The lowest BCUT2D eigenvalue weighted by atomic mass is 10.00. The van der Waals surface area contributed by atoms with E-state index >= 15 is 0 Å². The predicted octanol–water partition coefficient (Wildman–Crippen LogP) is 2.09. The van der Waals surface area contributed by atoms with Gasteiger partial charge in [0.15, 0.2) is 11.5 Å². The van der Waals surface area contributed by atoms with Crippen LogP contribution >= 0.6 is 0 Å². The minimum absolute atomic E-state index is 0.294. The largest absolute Gasteiger partial charge is 0.497 e. The highest BCUT2D eigenvalue weighted by atomic mass is 16.7. The number of hydrogen-bond acceptors (Lipinski definition) is 8. The molecule has 0 radical (unpaired) electrons. The zero-order valence-electron chi connectivity index (χ0n) is 17.9. The van der Waals surface area contributed by atoms with Crippen LogP contribution in [-0.2, 0) is 4.74 Å². The van der Waals surface area contributed by atoms with Gasteiger partial charge in [-0.2, -0.15) is 0 Å². The maximum atomic E-state index is 10.4. The van der Waals surface area contributed by atoms with Gasteiger partial charge in [0.2, 0.25) is 6.29 Å². The van der Waals surface area contributed by atoms with Crippen LogP contribution in [0.15, 0.2) is 36.4 Å². The Morgan fingerprint density at radius 1 is 0.839 bits per heavy atom. The summed E-state index contributed by atoms with van der Waals surface area (Å²) in [6.45, 7) is 1.59. The standard InChI is InChI=1S/C23H28O8/c1-13-19(24)20(25)21(26)23(30-13)31-22-15(11-17(28-3)12-18(22)29-4)9-8-14-6-5-7-16(10-14)27-2/h5-13,19-21,23-26H,1-4H3/b9-8+/t13?,19-,20?,21-,23?/m1/s1. The minimum atomic E-state index is -1.45. The molecular weight excluding hydrogens is 404 g/mol. The average Bonchev–Trinajstić information content (AvgIpc) is 2.80. The molecule has 0 aliphatic carbocycles. The van der Waals surface area contributed by atoms with Crippen molar-refractivity contribution in [3.05, 3.63) is 47.5 Å². The first-order chi connectivity index (χ1) is 14.9. The lowest BCUT2D eigenvalue weighted by Gasteiger charge is -2.39. The molecule has 1 fully saturated rings. The van der Waals surface area contributed by atoms with Gasteiger partial charge in [-0.3, -0.25) is 0 Å². The van der Waals surface area contributed by atoms with Gasteiger partial charge in [0.25, 0.3) is 0 Å². The van der Waals surface area contributed by atoms with E-state index in [-0.39, 0.29) is 0 Å². The molecule has 1 aliphatic heterocycles. The quantitative estimate of drug-likeness (QED) is 0.571. The Hall–Kier alpha value is -2.78. The Labute approximate surface area is 181 Å². The van der Waals surface area contributed by atoms with Gasteiger partial charge < -0.3 is 39.0 Å². The molecule has 1 saturated heterocycles. The molecule has 0 bridgehead atoms. The van der Waals surface area contributed by atoms with Gasteiger partial charge in [-0.05, 0) is 30.7 Å². The van der Waals surface area contributed by atoms with E-state index < -0.39 is 30.7 Å². The van der Waals surface area contributed by atoms with Crippen LogP contribution in [-0.4, -0.2) is 67.4 Å². The summed E-state index contributed by atoms with van der Waals surface area (Å²) in [5.41, 5.74) is 1.50. The van der Waals surface area contributed by atoms with Crippen molar-refractivity contribution in [1.82, 2.24) is 0 Å². The molecule has 3 unspecified atom stereocenters. The lowest BCUT2D eigenvalue weighted by Crippen LogP contribution is -2.58. The van der Waals surface area contributed by atoms with Crippen LogP contribution < -0.4 is 18.9 Å². The molecule has 5 atom stereocenters. The highest BCUT2D eigenvalue weighted by Gasteiger charge is 2.43. The number of methoxy groups -OCH3 is 3. The minimum Gasteiger partial charge on any atom is -0.497 e. The van der Waals surface area contributed by atoms with Crippen LogP contribution in [0.1, 0.15) is 18.1 Å². The fraction of sp³-hybridized carbons (Fsp3) is 0.391. The van der Waals surface area contributed by atoms with Gasteiger partial charge in [0, 0.05) is 11.6 Å². The number of hydrogen-bond donors (Lipinski definition) is 3. The Bertz CT molecular complexity index is 912. The van der Waals surface area contributed by atoms with Crippen LogP contribution in [0.2, 0.25) is 0 Å². The van der Waals surface area contributed by atoms with Crippen molar-refractivity contribution < 1.29 is 39.0 Å². The molecule has 2 aromatic carbocycles. The van der Waals surface area contributed by atoms with Crippen molar-refractivity contribution in [2.75, 3.05) is 21.3 Å². The summed E-state index contributed by atoms with van der Waals surface area (Å²) in [4.78, 5) is 0. The summed E-state index contributed by atoms with van der Waals surface area (Å²) in [6.07, 6.45) is -2.35. The number of aliphatic hydroxyl groups excluding tert-OH is 3. The zero-order chi connectivity index (χ0) is 22.5. The Balaban J connectivity index is 1.97.